The third kappa shape index (κ3) is 2.91. The van der Waals surface area contributed by atoms with Gasteiger partial charge in [-0.05, 0) is 12.1 Å². The average molecular weight is 297 g/mol. The predicted molar refractivity (Wildman–Crippen MR) is 86.4 cm³/mol. The maximum atomic E-state index is 6.36. The molecule has 0 saturated heterocycles. The van der Waals surface area contributed by atoms with Crippen LogP contribution in [0.4, 0.5) is 0 Å². The summed E-state index contributed by atoms with van der Waals surface area (Å²) in [6, 6.07) is 21.2. The molecular weight excluding hydrogens is 278 g/mol. The fraction of sp³-hybridized carbons (Fsp3) is 0.235. The van der Waals surface area contributed by atoms with E-state index in [0.717, 1.165) is 22.9 Å². The van der Waals surface area contributed by atoms with Gasteiger partial charge >= 0.3 is 8.56 Å². The zero-order valence-corrected chi connectivity index (χ0v) is 13.3. The zero-order valence-electron chi connectivity index (χ0n) is 12.3. The van der Waals surface area contributed by atoms with Crippen LogP contribution in [0.3, 0.4) is 0 Å². The van der Waals surface area contributed by atoms with Gasteiger partial charge in [-0.3, -0.25) is 0 Å². The fourth-order valence-electron chi connectivity index (χ4n) is 2.33. The lowest BCUT2D eigenvalue weighted by molar-refractivity contribution is 0.130. The number of hydrogen-bond donors (Lipinski definition) is 0. The van der Waals surface area contributed by atoms with Gasteiger partial charge in [0.05, 0.1) is 0 Å². The highest BCUT2D eigenvalue weighted by Crippen LogP contribution is 2.33. The fourth-order valence-corrected chi connectivity index (χ4v) is 3.71. The first kappa shape index (κ1) is 14.0. The summed E-state index contributed by atoms with van der Waals surface area (Å²) in [5.74, 6) is 0. The van der Waals surface area contributed by atoms with Crippen LogP contribution in [0.15, 0.2) is 65.8 Å². The van der Waals surface area contributed by atoms with Crippen LogP contribution < -0.4 is 0 Å². The van der Waals surface area contributed by atoms with Crippen LogP contribution in [0.25, 0.3) is 0 Å². The van der Waals surface area contributed by atoms with Gasteiger partial charge in [-0.1, -0.05) is 72.7 Å². The molecule has 1 aliphatic heterocycles. The Bertz CT molecular complexity index is 630. The van der Waals surface area contributed by atoms with Gasteiger partial charge in [-0.2, -0.15) is 0 Å². The van der Waals surface area contributed by atoms with Crippen LogP contribution in [0, 0.1) is 0 Å². The van der Waals surface area contributed by atoms with Gasteiger partial charge in [-0.15, -0.1) is 0 Å². The normalized spacial score (nSPS) is 25.0. The summed E-state index contributed by atoms with van der Waals surface area (Å²) in [5.41, 5.74) is 3.01. The number of hydrogen-bond acceptors (Lipinski definition) is 3. The monoisotopic (exact) mass is 297 g/mol. The van der Waals surface area contributed by atoms with Gasteiger partial charge in [0.25, 0.3) is 0 Å². The largest absolute Gasteiger partial charge is 0.424 e. The van der Waals surface area contributed by atoms with Crippen molar-refractivity contribution in [1.82, 2.24) is 0 Å². The highest BCUT2D eigenvalue weighted by molar-refractivity contribution is 6.66. The molecule has 4 heteroatoms. The summed E-state index contributed by atoms with van der Waals surface area (Å²) in [6.45, 7) is 4.16. The van der Waals surface area contributed by atoms with Crippen LogP contribution in [-0.2, 0) is 8.95 Å². The van der Waals surface area contributed by atoms with Crippen molar-refractivity contribution in [2.45, 2.75) is 25.6 Å². The van der Waals surface area contributed by atoms with Crippen molar-refractivity contribution in [1.29, 1.82) is 0 Å². The SMILES string of the molecule is CC[Si]1(C)ON=C(c2ccccc2)C(c2ccccc2)O1. The van der Waals surface area contributed by atoms with Crippen LogP contribution in [0.2, 0.25) is 12.6 Å². The second-order valence-corrected chi connectivity index (χ2v) is 8.72. The van der Waals surface area contributed by atoms with E-state index in [1.54, 1.807) is 0 Å². The number of oxime groups is 1. The zero-order chi connectivity index (χ0) is 14.7. The van der Waals surface area contributed by atoms with Gasteiger partial charge in [0.1, 0.15) is 11.8 Å². The number of nitrogens with zero attached hydrogens (tertiary/aromatic N) is 1. The first-order chi connectivity index (χ1) is 10.2. The minimum Gasteiger partial charge on any atom is -0.421 e. The lowest BCUT2D eigenvalue weighted by atomic mass is 9.99. The Morgan fingerprint density at radius 3 is 2.24 bits per heavy atom. The van der Waals surface area contributed by atoms with Crippen molar-refractivity contribution in [3.8, 4) is 0 Å². The van der Waals surface area contributed by atoms with E-state index in [1.807, 2.05) is 48.5 Å². The molecule has 0 radical (unpaired) electrons. The highest BCUT2D eigenvalue weighted by Gasteiger charge is 2.41. The minimum absolute atomic E-state index is 0.154. The van der Waals surface area contributed by atoms with Gasteiger partial charge in [-0.25, -0.2) is 0 Å². The Labute approximate surface area is 126 Å². The third-order valence-corrected chi connectivity index (χ3v) is 6.26. The summed E-state index contributed by atoms with van der Waals surface area (Å²) >= 11 is 0. The van der Waals surface area contributed by atoms with Crippen LogP contribution in [0.1, 0.15) is 24.2 Å². The van der Waals surface area contributed by atoms with E-state index in [-0.39, 0.29) is 6.10 Å². The van der Waals surface area contributed by atoms with Crippen molar-refractivity contribution >= 4 is 14.3 Å². The minimum atomic E-state index is -2.22. The molecule has 2 aromatic carbocycles. The quantitative estimate of drug-likeness (QED) is 0.792. The molecule has 1 heterocycles. The molecule has 2 atom stereocenters. The summed E-state index contributed by atoms with van der Waals surface area (Å²) < 4.78 is 12.1. The van der Waals surface area contributed by atoms with Gasteiger partial charge < -0.3 is 8.95 Å². The van der Waals surface area contributed by atoms with Gasteiger partial charge in [0.2, 0.25) is 0 Å². The topological polar surface area (TPSA) is 30.8 Å². The molecule has 0 fully saturated rings. The summed E-state index contributed by atoms with van der Waals surface area (Å²) in [6.07, 6.45) is -0.154. The Kier molecular flexibility index (Phi) is 3.90. The van der Waals surface area contributed by atoms with Crippen molar-refractivity contribution in [2.75, 3.05) is 0 Å². The van der Waals surface area contributed by atoms with Crippen molar-refractivity contribution in [2.24, 2.45) is 5.16 Å². The molecule has 2 unspecified atom stereocenters. The van der Waals surface area contributed by atoms with E-state index in [4.69, 9.17) is 8.95 Å². The summed E-state index contributed by atoms with van der Waals surface area (Å²) in [5, 5.41) is 4.43. The van der Waals surface area contributed by atoms with E-state index in [0.29, 0.717) is 0 Å². The van der Waals surface area contributed by atoms with E-state index in [9.17, 15) is 0 Å². The molecule has 21 heavy (non-hydrogen) atoms. The molecule has 3 rings (SSSR count). The van der Waals surface area contributed by atoms with Crippen LogP contribution in [-0.4, -0.2) is 14.3 Å². The van der Waals surface area contributed by atoms with E-state index >= 15 is 0 Å². The predicted octanol–water partition coefficient (Wildman–Crippen LogP) is 4.27. The van der Waals surface area contributed by atoms with E-state index < -0.39 is 8.56 Å². The molecule has 1 aliphatic rings. The molecule has 3 nitrogen and oxygen atoms in total. The molecule has 0 aliphatic carbocycles. The maximum absolute atomic E-state index is 6.36. The lowest BCUT2D eigenvalue weighted by Gasteiger charge is -2.34. The number of benzene rings is 2. The Hall–Kier alpha value is -1.91. The maximum Gasteiger partial charge on any atom is 0.424 e. The lowest BCUT2D eigenvalue weighted by Crippen LogP contribution is -2.43. The standard InChI is InChI=1S/C17H19NO2Si/c1-3-21(2)19-17(15-12-8-5-9-13-15)16(18-20-21)14-10-6-4-7-11-14/h4-13,17H,3H2,1-2H3. The van der Waals surface area contributed by atoms with E-state index in [1.165, 1.54) is 0 Å². The first-order valence-electron chi connectivity index (χ1n) is 7.26. The highest BCUT2D eigenvalue weighted by atomic mass is 28.4. The Balaban J connectivity index is 2.03. The average Bonchev–Trinajstić information content (AvgIpc) is 2.56. The van der Waals surface area contributed by atoms with E-state index in [2.05, 4.69) is 30.8 Å². The molecular formula is C17H19NO2Si. The molecule has 108 valence electrons. The molecule has 0 spiro atoms. The molecule has 0 aromatic heterocycles. The van der Waals surface area contributed by atoms with Gasteiger partial charge in [0.15, 0.2) is 0 Å². The molecule has 0 N–H and O–H groups in total. The Morgan fingerprint density at radius 2 is 1.62 bits per heavy atom. The number of rotatable bonds is 3. The van der Waals surface area contributed by atoms with Crippen LogP contribution in [0.5, 0.6) is 0 Å². The molecule has 0 amide bonds. The van der Waals surface area contributed by atoms with Gasteiger partial charge in [0, 0.05) is 11.6 Å². The smallest absolute Gasteiger partial charge is 0.421 e. The van der Waals surface area contributed by atoms with Crippen molar-refractivity contribution < 1.29 is 8.95 Å². The Morgan fingerprint density at radius 1 is 1.00 bits per heavy atom. The molecule has 2 aromatic rings. The van der Waals surface area contributed by atoms with Crippen molar-refractivity contribution in [3.63, 3.8) is 0 Å². The third-order valence-electron chi connectivity index (χ3n) is 3.77. The van der Waals surface area contributed by atoms with Crippen LogP contribution >= 0.6 is 0 Å². The molecule has 0 saturated carbocycles. The first-order valence-corrected chi connectivity index (χ1v) is 9.78. The summed E-state index contributed by atoms with van der Waals surface area (Å²) in [4.78, 5) is 0. The molecule has 0 bridgehead atoms. The summed E-state index contributed by atoms with van der Waals surface area (Å²) in [7, 11) is -2.22. The second-order valence-electron chi connectivity index (χ2n) is 5.33. The van der Waals surface area contributed by atoms with Crippen molar-refractivity contribution in [3.05, 3.63) is 71.8 Å². The second kappa shape index (κ2) is 5.83.